The molecule has 1 aromatic carbocycles. The van der Waals surface area contributed by atoms with Crippen LogP contribution in [-0.4, -0.2) is 11.2 Å². The standard InChI is InChI=1S/C16H18O2/c17-16(11-15-6-3-9-18-15)14-8-7-12-4-1-2-5-13(12)10-14/h1-6,9,14,16-17H,7-8,10-11H2. The average molecular weight is 242 g/mol. The molecule has 2 aromatic rings. The summed E-state index contributed by atoms with van der Waals surface area (Å²) in [6, 6.07) is 12.4. The van der Waals surface area contributed by atoms with Crippen molar-refractivity contribution >= 4 is 0 Å². The zero-order valence-electron chi connectivity index (χ0n) is 10.4. The fourth-order valence-electron chi connectivity index (χ4n) is 2.86. The summed E-state index contributed by atoms with van der Waals surface area (Å²) in [7, 11) is 0. The smallest absolute Gasteiger partial charge is 0.106 e. The Hall–Kier alpha value is -1.54. The van der Waals surface area contributed by atoms with Gasteiger partial charge >= 0.3 is 0 Å². The van der Waals surface area contributed by atoms with Gasteiger partial charge in [0, 0.05) is 6.42 Å². The molecule has 1 aromatic heterocycles. The minimum Gasteiger partial charge on any atom is -0.469 e. The summed E-state index contributed by atoms with van der Waals surface area (Å²) in [5.74, 6) is 1.23. The van der Waals surface area contributed by atoms with Crippen LogP contribution in [0.15, 0.2) is 47.1 Å². The van der Waals surface area contributed by atoms with Gasteiger partial charge in [-0.25, -0.2) is 0 Å². The molecule has 1 heterocycles. The van der Waals surface area contributed by atoms with Crippen LogP contribution in [0.1, 0.15) is 23.3 Å². The molecular formula is C16H18O2. The fraction of sp³-hybridized carbons (Fsp3) is 0.375. The second-order valence-corrected chi connectivity index (χ2v) is 5.12. The van der Waals surface area contributed by atoms with Crippen molar-refractivity contribution in [2.45, 2.75) is 31.8 Å². The van der Waals surface area contributed by atoms with Crippen molar-refractivity contribution in [3.63, 3.8) is 0 Å². The van der Waals surface area contributed by atoms with Gasteiger partial charge in [0.15, 0.2) is 0 Å². The summed E-state index contributed by atoms with van der Waals surface area (Å²) < 4.78 is 5.30. The van der Waals surface area contributed by atoms with Crippen LogP contribution in [0.3, 0.4) is 0 Å². The zero-order chi connectivity index (χ0) is 12.4. The molecule has 3 rings (SSSR count). The van der Waals surface area contributed by atoms with Gasteiger partial charge < -0.3 is 9.52 Å². The van der Waals surface area contributed by atoms with Crippen molar-refractivity contribution in [3.05, 3.63) is 59.5 Å². The summed E-state index contributed by atoms with van der Waals surface area (Å²) in [6.45, 7) is 0. The molecule has 2 unspecified atom stereocenters. The molecule has 18 heavy (non-hydrogen) atoms. The van der Waals surface area contributed by atoms with Gasteiger partial charge in [-0.2, -0.15) is 0 Å². The molecular weight excluding hydrogens is 224 g/mol. The lowest BCUT2D eigenvalue weighted by molar-refractivity contribution is 0.0941. The van der Waals surface area contributed by atoms with E-state index in [0.29, 0.717) is 12.3 Å². The normalized spacial score (nSPS) is 20.4. The zero-order valence-corrected chi connectivity index (χ0v) is 10.4. The van der Waals surface area contributed by atoms with E-state index in [4.69, 9.17) is 4.42 Å². The first-order chi connectivity index (χ1) is 8.83. The summed E-state index contributed by atoms with van der Waals surface area (Å²) in [6.07, 6.45) is 5.12. The van der Waals surface area contributed by atoms with Crippen molar-refractivity contribution < 1.29 is 9.52 Å². The Morgan fingerprint density at radius 1 is 1.17 bits per heavy atom. The molecule has 0 radical (unpaired) electrons. The molecule has 0 amide bonds. The molecule has 1 N–H and O–H groups in total. The van der Waals surface area contributed by atoms with Gasteiger partial charge in [-0.3, -0.25) is 0 Å². The first kappa shape index (κ1) is 11.5. The van der Waals surface area contributed by atoms with E-state index < -0.39 is 0 Å². The van der Waals surface area contributed by atoms with E-state index in [1.54, 1.807) is 6.26 Å². The Kier molecular flexibility index (Phi) is 3.20. The van der Waals surface area contributed by atoms with Crippen LogP contribution >= 0.6 is 0 Å². The Balaban J connectivity index is 1.68. The van der Waals surface area contributed by atoms with Crippen molar-refractivity contribution in [2.75, 3.05) is 0 Å². The SMILES string of the molecule is OC(Cc1ccco1)C1CCc2ccccc2C1. The molecule has 0 bridgehead atoms. The first-order valence-electron chi connectivity index (χ1n) is 6.60. The molecule has 0 saturated carbocycles. The highest BCUT2D eigenvalue weighted by Gasteiger charge is 2.25. The number of hydrogen-bond donors (Lipinski definition) is 1. The minimum absolute atomic E-state index is 0.301. The molecule has 0 spiro atoms. The molecule has 1 aliphatic rings. The molecule has 2 atom stereocenters. The summed E-state index contributed by atoms with van der Waals surface area (Å²) in [5.41, 5.74) is 2.84. The van der Waals surface area contributed by atoms with E-state index in [0.717, 1.165) is 25.0 Å². The number of rotatable bonds is 3. The van der Waals surface area contributed by atoms with Gasteiger partial charge in [0.1, 0.15) is 5.76 Å². The lowest BCUT2D eigenvalue weighted by atomic mass is 9.80. The number of aliphatic hydroxyl groups excluding tert-OH is 1. The third kappa shape index (κ3) is 2.34. The molecule has 0 aliphatic heterocycles. The molecule has 0 fully saturated rings. The van der Waals surface area contributed by atoms with E-state index in [-0.39, 0.29) is 6.10 Å². The molecule has 1 aliphatic carbocycles. The van der Waals surface area contributed by atoms with E-state index in [9.17, 15) is 5.11 Å². The number of aryl methyl sites for hydroxylation is 1. The van der Waals surface area contributed by atoms with Crippen LogP contribution < -0.4 is 0 Å². The lowest BCUT2D eigenvalue weighted by Crippen LogP contribution is -2.28. The van der Waals surface area contributed by atoms with E-state index >= 15 is 0 Å². The highest BCUT2D eigenvalue weighted by Crippen LogP contribution is 2.28. The predicted octanol–water partition coefficient (Wildman–Crippen LogP) is 2.99. The maximum Gasteiger partial charge on any atom is 0.106 e. The maximum atomic E-state index is 10.3. The van der Waals surface area contributed by atoms with Crippen molar-refractivity contribution in [2.24, 2.45) is 5.92 Å². The third-order valence-corrected chi connectivity index (χ3v) is 3.92. The summed E-state index contributed by atoms with van der Waals surface area (Å²) in [5, 5.41) is 10.3. The van der Waals surface area contributed by atoms with Crippen molar-refractivity contribution in [1.82, 2.24) is 0 Å². The van der Waals surface area contributed by atoms with Gasteiger partial charge in [0.05, 0.1) is 12.4 Å². The van der Waals surface area contributed by atoms with Crippen LogP contribution in [0.4, 0.5) is 0 Å². The Morgan fingerprint density at radius 2 is 2.00 bits per heavy atom. The average Bonchev–Trinajstić information content (AvgIpc) is 2.91. The summed E-state index contributed by atoms with van der Waals surface area (Å²) in [4.78, 5) is 0. The van der Waals surface area contributed by atoms with E-state index in [2.05, 4.69) is 24.3 Å². The highest BCUT2D eigenvalue weighted by atomic mass is 16.3. The van der Waals surface area contributed by atoms with Crippen LogP contribution in [0.5, 0.6) is 0 Å². The third-order valence-electron chi connectivity index (χ3n) is 3.92. The van der Waals surface area contributed by atoms with Crippen molar-refractivity contribution in [3.8, 4) is 0 Å². The molecule has 2 nitrogen and oxygen atoms in total. The second kappa shape index (κ2) is 4.99. The van der Waals surface area contributed by atoms with Crippen LogP contribution in [0, 0.1) is 5.92 Å². The molecule has 2 heteroatoms. The van der Waals surface area contributed by atoms with Crippen molar-refractivity contribution in [1.29, 1.82) is 0 Å². The Bertz CT molecular complexity index is 502. The monoisotopic (exact) mass is 242 g/mol. The van der Waals surface area contributed by atoms with Gasteiger partial charge in [-0.05, 0) is 48.4 Å². The van der Waals surface area contributed by atoms with Crippen LogP contribution in [0.2, 0.25) is 0 Å². The second-order valence-electron chi connectivity index (χ2n) is 5.12. The quantitative estimate of drug-likeness (QED) is 0.897. The lowest BCUT2D eigenvalue weighted by Gasteiger charge is -2.28. The van der Waals surface area contributed by atoms with Gasteiger partial charge in [0.2, 0.25) is 0 Å². The topological polar surface area (TPSA) is 33.4 Å². The van der Waals surface area contributed by atoms with Gasteiger partial charge in [-0.15, -0.1) is 0 Å². The number of fused-ring (bicyclic) bond motifs is 1. The van der Waals surface area contributed by atoms with Gasteiger partial charge in [0.25, 0.3) is 0 Å². The predicted molar refractivity (Wildman–Crippen MR) is 70.4 cm³/mol. The molecule has 0 saturated heterocycles. The van der Waals surface area contributed by atoms with Crippen LogP contribution in [0.25, 0.3) is 0 Å². The molecule has 94 valence electrons. The first-order valence-corrected chi connectivity index (χ1v) is 6.60. The minimum atomic E-state index is -0.301. The van der Waals surface area contributed by atoms with E-state index in [1.807, 2.05) is 12.1 Å². The van der Waals surface area contributed by atoms with Crippen LogP contribution in [-0.2, 0) is 19.3 Å². The summed E-state index contributed by atoms with van der Waals surface area (Å²) >= 11 is 0. The largest absolute Gasteiger partial charge is 0.469 e. The maximum absolute atomic E-state index is 10.3. The Morgan fingerprint density at radius 3 is 2.78 bits per heavy atom. The number of furan rings is 1. The number of aliphatic hydroxyl groups is 1. The number of benzene rings is 1. The van der Waals surface area contributed by atoms with Gasteiger partial charge in [-0.1, -0.05) is 24.3 Å². The Labute approximate surface area is 107 Å². The fourth-order valence-corrected chi connectivity index (χ4v) is 2.86. The van der Waals surface area contributed by atoms with E-state index in [1.165, 1.54) is 11.1 Å². The highest BCUT2D eigenvalue weighted by molar-refractivity contribution is 5.29. The number of hydrogen-bond acceptors (Lipinski definition) is 2.